The van der Waals surface area contributed by atoms with Crippen LogP contribution in [0.2, 0.25) is 0 Å². The first-order chi connectivity index (χ1) is 9.83. The standard InChI is InChI=1S/C17H15N3/c1-12-11-15(13-7-3-2-4-8-13)19-17-18-14-9-5-6-10-16(14)20(12)17/h2-11,17-18H,1H3. The SMILES string of the molecule is CC1=CC(c2ccccc2)=NC2Nc3ccccc3N12. The lowest BCUT2D eigenvalue weighted by Gasteiger charge is -2.28. The molecule has 0 saturated carbocycles. The van der Waals surface area contributed by atoms with E-state index < -0.39 is 0 Å². The second-order valence-corrected chi connectivity index (χ2v) is 5.07. The van der Waals surface area contributed by atoms with Gasteiger partial charge in [-0.25, -0.2) is 4.99 Å². The number of nitrogens with one attached hydrogen (secondary N) is 1. The minimum atomic E-state index is -0.0346. The average molecular weight is 261 g/mol. The fraction of sp³-hybridized carbons (Fsp3) is 0.118. The molecule has 0 aliphatic carbocycles. The zero-order valence-corrected chi connectivity index (χ0v) is 11.2. The molecule has 0 spiro atoms. The summed E-state index contributed by atoms with van der Waals surface area (Å²) in [6, 6.07) is 18.6. The van der Waals surface area contributed by atoms with Crippen LogP contribution in [0.1, 0.15) is 12.5 Å². The molecule has 2 heterocycles. The van der Waals surface area contributed by atoms with E-state index in [2.05, 4.69) is 53.5 Å². The Morgan fingerprint density at radius 2 is 1.75 bits per heavy atom. The topological polar surface area (TPSA) is 27.6 Å². The number of hydrogen-bond donors (Lipinski definition) is 1. The van der Waals surface area contributed by atoms with Crippen molar-refractivity contribution < 1.29 is 0 Å². The van der Waals surface area contributed by atoms with E-state index in [1.54, 1.807) is 0 Å². The van der Waals surface area contributed by atoms with E-state index in [1.165, 1.54) is 11.4 Å². The third kappa shape index (κ3) is 1.63. The number of aliphatic imine (C=N–C) groups is 1. The highest BCUT2D eigenvalue weighted by Crippen LogP contribution is 2.38. The van der Waals surface area contributed by atoms with Gasteiger partial charge in [-0.15, -0.1) is 0 Å². The Kier molecular flexibility index (Phi) is 2.39. The summed E-state index contributed by atoms with van der Waals surface area (Å²) in [5.41, 5.74) is 5.74. The molecule has 0 amide bonds. The quantitative estimate of drug-likeness (QED) is 0.849. The summed E-state index contributed by atoms with van der Waals surface area (Å²) >= 11 is 0. The first kappa shape index (κ1) is 11.3. The van der Waals surface area contributed by atoms with Crippen molar-refractivity contribution in [2.75, 3.05) is 10.2 Å². The average Bonchev–Trinajstić information content (AvgIpc) is 2.87. The summed E-state index contributed by atoms with van der Waals surface area (Å²) in [7, 11) is 0. The Balaban J connectivity index is 1.78. The number of hydrogen-bond acceptors (Lipinski definition) is 3. The molecule has 2 aliphatic heterocycles. The van der Waals surface area contributed by atoms with Crippen molar-refractivity contribution in [3.63, 3.8) is 0 Å². The van der Waals surface area contributed by atoms with Gasteiger partial charge in [0.25, 0.3) is 0 Å². The van der Waals surface area contributed by atoms with Crippen molar-refractivity contribution in [1.29, 1.82) is 0 Å². The van der Waals surface area contributed by atoms with Crippen LogP contribution in [0.5, 0.6) is 0 Å². The molecule has 3 nitrogen and oxygen atoms in total. The molecule has 2 aliphatic rings. The summed E-state index contributed by atoms with van der Waals surface area (Å²) in [6.45, 7) is 2.13. The number of allylic oxidation sites excluding steroid dienone is 2. The van der Waals surface area contributed by atoms with Crippen LogP contribution in [0.15, 0.2) is 71.4 Å². The van der Waals surface area contributed by atoms with Crippen LogP contribution in [0.4, 0.5) is 11.4 Å². The van der Waals surface area contributed by atoms with Crippen molar-refractivity contribution in [1.82, 2.24) is 0 Å². The number of nitrogens with zero attached hydrogens (tertiary/aromatic N) is 2. The van der Waals surface area contributed by atoms with Crippen LogP contribution in [-0.2, 0) is 0 Å². The lowest BCUT2D eigenvalue weighted by Crippen LogP contribution is -2.36. The first-order valence-electron chi connectivity index (χ1n) is 6.79. The number of rotatable bonds is 1. The van der Waals surface area contributed by atoms with E-state index in [4.69, 9.17) is 4.99 Å². The second-order valence-electron chi connectivity index (χ2n) is 5.07. The van der Waals surface area contributed by atoms with E-state index in [9.17, 15) is 0 Å². The minimum Gasteiger partial charge on any atom is -0.345 e. The van der Waals surface area contributed by atoms with Crippen molar-refractivity contribution in [3.8, 4) is 0 Å². The number of para-hydroxylation sites is 2. The zero-order valence-electron chi connectivity index (χ0n) is 11.2. The number of anilines is 2. The van der Waals surface area contributed by atoms with E-state index in [1.807, 2.05) is 24.3 Å². The van der Waals surface area contributed by atoms with Crippen molar-refractivity contribution in [2.24, 2.45) is 4.99 Å². The number of benzene rings is 2. The van der Waals surface area contributed by atoms with Crippen LogP contribution in [0.3, 0.4) is 0 Å². The molecule has 2 aromatic rings. The molecule has 0 fully saturated rings. The van der Waals surface area contributed by atoms with Gasteiger partial charge < -0.3 is 10.2 Å². The van der Waals surface area contributed by atoms with Gasteiger partial charge in [0.15, 0.2) is 0 Å². The Morgan fingerprint density at radius 3 is 2.60 bits per heavy atom. The van der Waals surface area contributed by atoms with Gasteiger partial charge in [0, 0.05) is 5.70 Å². The van der Waals surface area contributed by atoms with Crippen molar-refractivity contribution in [3.05, 3.63) is 71.9 Å². The fourth-order valence-corrected chi connectivity index (χ4v) is 2.82. The monoisotopic (exact) mass is 261 g/mol. The van der Waals surface area contributed by atoms with Gasteiger partial charge in [-0.05, 0) is 30.7 Å². The van der Waals surface area contributed by atoms with Gasteiger partial charge in [-0.1, -0.05) is 42.5 Å². The van der Waals surface area contributed by atoms with Gasteiger partial charge in [-0.3, -0.25) is 0 Å². The van der Waals surface area contributed by atoms with Crippen LogP contribution in [-0.4, -0.2) is 12.0 Å². The molecular formula is C17H15N3. The molecule has 20 heavy (non-hydrogen) atoms. The number of fused-ring (bicyclic) bond motifs is 3. The molecule has 0 saturated heterocycles. The van der Waals surface area contributed by atoms with Crippen LogP contribution in [0.25, 0.3) is 0 Å². The van der Waals surface area contributed by atoms with Crippen LogP contribution in [0, 0.1) is 0 Å². The molecule has 0 radical (unpaired) electrons. The Hall–Kier alpha value is -2.55. The molecule has 0 bridgehead atoms. The van der Waals surface area contributed by atoms with E-state index in [0.29, 0.717) is 0 Å². The second kappa shape index (κ2) is 4.23. The predicted octanol–water partition coefficient (Wildman–Crippen LogP) is 3.61. The van der Waals surface area contributed by atoms with Crippen LogP contribution >= 0.6 is 0 Å². The van der Waals surface area contributed by atoms with E-state index in [0.717, 1.165) is 17.0 Å². The highest BCUT2D eigenvalue weighted by molar-refractivity contribution is 6.10. The van der Waals surface area contributed by atoms with E-state index >= 15 is 0 Å². The third-order valence-electron chi connectivity index (χ3n) is 3.75. The maximum atomic E-state index is 4.83. The largest absolute Gasteiger partial charge is 0.345 e. The Labute approximate surface area is 118 Å². The molecule has 98 valence electrons. The highest BCUT2D eigenvalue weighted by atomic mass is 15.4. The summed E-state index contributed by atoms with van der Waals surface area (Å²) in [4.78, 5) is 7.07. The molecule has 0 aromatic heterocycles. The molecule has 2 aromatic carbocycles. The van der Waals surface area contributed by atoms with Gasteiger partial charge in [0.2, 0.25) is 6.29 Å². The minimum absolute atomic E-state index is 0.0346. The Morgan fingerprint density at radius 1 is 1.00 bits per heavy atom. The van der Waals surface area contributed by atoms with Crippen LogP contribution < -0.4 is 10.2 Å². The molecule has 4 rings (SSSR count). The summed E-state index contributed by atoms with van der Waals surface area (Å²) < 4.78 is 0. The predicted molar refractivity (Wildman–Crippen MR) is 83.1 cm³/mol. The van der Waals surface area contributed by atoms with Gasteiger partial charge >= 0.3 is 0 Å². The van der Waals surface area contributed by atoms with Crippen molar-refractivity contribution in [2.45, 2.75) is 13.2 Å². The summed E-state index contributed by atoms with van der Waals surface area (Å²) in [5, 5.41) is 3.46. The fourth-order valence-electron chi connectivity index (χ4n) is 2.82. The molecule has 1 atom stereocenters. The summed E-state index contributed by atoms with van der Waals surface area (Å²) in [6.07, 6.45) is 2.11. The van der Waals surface area contributed by atoms with Gasteiger partial charge in [-0.2, -0.15) is 0 Å². The lowest BCUT2D eigenvalue weighted by atomic mass is 10.1. The molecule has 1 unspecified atom stereocenters. The maximum Gasteiger partial charge on any atom is 0.201 e. The van der Waals surface area contributed by atoms with E-state index in [-0.39, 0.29) is 6.29 Å². The summed E-state index contributed by atoms with van der Waals surface area (Å²) in [5.74, 6) is 0. The van der Waals surface area contributed by atoms with Gasteiger partial charge in [0.05, 0.1) is 17.1 Å². The van der Waals surface area contributed by atoms with Gasteiger partial charge in [0.1, 0.15) is 0 Å². The lowest BCUT2D eigenvalue weighted by molar-refractivity contribution is 0.761. The maximum absolute atomic E-state index is 4.83. The first-order valence-corrected chi connectivity index (χ1v) is 6.79. The normalized spacial score (nSPS) is 19.6. The third-order valence-corrected chi connectivity index (χ3v) is 3.75. The molecular weight excluding hydrogens is 246 g/mol. The smallest absolute Gasteiger partial charge is 0.201 e. The molecule has 3 heteroatoms. The zero-order chi connectivity index (χ0) is 13.5. The highest BCUT2D eigenvalue weighted by Gasteiger charge is 2.31. The Bertz CT molecular complexity index is 716. The molecule has 1 N–H and O–H groups in total. The van der Waals surface area contributed by atoms with Crippen molar-refractivity contribution >= 4 is 17.1 Å².